The van der Waals surface area contributed by atoms with E-state index in [1.165, 1.54) is 18.2 Å². The van der Waals surface area contributed by atoms with E-state index in [1.54, 1.807) is 12.1 Å². The van der Waals surface area contributed by atoms with Crippen LogP contribution in [0.1, 0.15) is 28.4 Å². The predicted octanol–water partition coefficient (Wildman–Crippen LogP) is -5.42. The van der Waals surface area contributed by atoms with E-state index in [2.05, 4.69) is 36.1 Å². The van der Waals surface area contributed by atoms with Crippen LogP contribution in [0.3, 0.4) is 0 Å². The molecule has 3 N–H and O–H groups in total. The fourth-order valence-electron chi connectivity index (χ4n) is 5.37. The van der Waals surface area contributed by atoms with Crippen LogP contribution in [0.4, 0.5) is 33.3 Å². The molecule has 0 unspecified atom stereocenters. The number of ketones is 1. The molecule has 0 saturated carbocycles. The second-order valence-corrected chi connectivity index (χ2v) is 14.9. The third-order valence-electron chi connectivity index (χ3n) is 7.59. The zero-order chi connectivity index (χ0) is 37.6. The Hall–Kier alpha value is -2.71. The predicted molar refractivity (Wildman–Crippen MR) is 182 cm³/mol. The summed E-state index contributed by atoms with van der Waals surface area (Å²) in [6, 6.07) is 15.9. The number of nitrogens with zero attached hydrogens (tertiary/aromatic N) is 4. The van der Waals surface area contributed by atoms with E-state index in [4.69, 9.17) is 0 Å². The Morgan fingerprint density at radius 1 is 0.727 bits per heavy atom. The Balaban J connectivity index is 0.00000271. The molecule has 1 aliphatic carbocycles. The number of para-hydroxylation sites is 1. The van der Waals surface area contributed by atoms with Crippen LogP contribution in [0.25, 0.3) is 16.8 Å². The molecule has 0 fully saturated rings. The molecule has 0 atom stereocenters. The maximum atomic E-state index is 14.4. The van der Waals surface area contributed by atoms with Gasteiger partial charge in [-0.1, -0.05) is 43.3 Å². The maximum absolute atomic E-state index is 14.4. The second-order valence-electron chi connectivity index (χ2n) is 10.9. The number of halogens is 1. The fraction of sp³-hybridized carbons (Fsp3) is 0.0645. The quantitative estimate of drug-likeness (QED) is 0.0673. The van der Waals surface area contributed by atoms with Crippen LogP contribution in [0.2, 0.25) is 0 Å². The fourth-order valence-corrected chi connectivity index (χ4v) is 7.54. The summed E-state index contributed by atoms with van der Waals surface area (Å²) in [5.41, 5.74) is 1.93. The molecule has 0 spiro atoms. The molecule has 4 aromatic carbocycles. The van der Waals surface area contributed by atoms with Crippen LogP contribution in [0.15, 0.2) is 92.6 Å². The van der Waals surface area contributed by atoms with E-state index in [-0.39, 0.29) is 117 Å². The molecule has 55 heavy (non-hydrogen) atoms. The monoisotopic (exact) mass is 835 g/mol. The summed E-state index contributed by atoms with van der Waals surface area (Å²) >= 11 is 0. The number of anilines is 5. The third-order valence-corrected chi connectivity index (χ3v) is 10.3. The summed E-state index contributed by atoms with van der Waals surface area (Å²) in [6.45, 7) is 1.93. The Morgan fingerprint density at radius 3 is 2.04 bits per heavy atom. The van der Waals surface area contributed by atoms with Gasteiger partial charge in [0.05, 0.1) is 20.4 Å². The molecular formula is C31H21FN7Na3O10S3. The molecule has 0 aliphatic heterocycles. The molecule has 1 aliphatic rings. The number of rotatable bonds is 10. The standard InChI is InChI=1S/C31H24FN7O10S3.3Na/c1-2-16-6-3-4-8-22(16)34-31-36-29(32)35-30(37-31)33-18-10-11-19-17(14-18)15-25(51(44,45)46)26(27(19)40)39-38-23-13-12-20-21(28(23)52(47,48)49)7-5-9-24(20)50(41,42)43;;;/h3-15,38H,2H2,1H3,(H,41,42,43)(H,44,45,46)(H,47,48,49)(H2,33,34,35,36,37);;;/q;3*+1/p-3. The second kappa shape index (κ2) is 18.3. The van der Waals surface area contributed by atoms with Gasteiger partial charge in [-0.25, -0.2) is 25.3 Å². The van der Waals surface area contributed by atoms with Crippen LogP contribution in [0.5, 0.6) is 0 Å². The zero-order valence-electron chi connectivity index (χ0n) is 29.2. The van der Waals surface area contributed by atoms with Crippen molar-refractivity contribution in [1.29, 1.82) is 0 Å². The van der Waals surface area contributed by atoms with Gasteiger partial charge in [0.2, 0.25) is 17.7 Å². The first kappa shape index (κ1) is 46.7. The van der Waals surface area contributed by atoms with Gasteiger partial charge >= 0.3 is 94.8 Å². The molecule has 268 valence electrons. The number of carbonyl (C=O) groups is 1. The van der Waals surface area contributed by atoms with Gasteiger partial charge in [-0.3, -0.25) is 10.2 Å². The number of Topliss-reactive ketones (excluding diaryl/α,β-unsaturated/α-hetero) is 1. The summed E-state index contributed by atoms with van der Waals surface area (Å²) in [6.07, 6.45) is 0.354. The molecule has 0 radical (unpaired) electrons. The number of hydrogen-bond donors (Lipinski definition) is 3. The normalized spacial score (nSPS) is 13.4. The van der Waals surface area contributed by atoms with Gasteiger partial charge in [-0.2, -0.15) is 24.4 Å². The number of aromatic nitrogens is 3. The van der Waals surface area contributed by atoms with Crippen LogP contribution >= 0.6 is 0 Å². The number of allylic oxidation sites excluding steroid dienone is 1. The average molecular weight is 836 g/mol. The molecule has 5 aromatic rings. The van der Waals surface area contributed by atoms with Crippen molar-refractivity contribution in [2.75, 3.05) is 16.1 Å². The first-order valence-corrected chi connectivity index (χ1v) is 18.9. The van der Waals surface area contributed by atoms with Crippen molar-refractivity contribution in [2.45, 2.75) is 23.1 Å². The molecule has 1 aromatic heterocycles. The van der Waals surface area contributed by atoms with Crippen molar-refractivity contribution in [1.82, 2.24) is 15.0 Å². The number of nitrogens with one attached hydrogen (secondary N) is 3. The van der Waals surface area contributed by atoms with E-state index in [0.717, 1.165) is 42.0 Å². The smallest absolute Gasteiger partial charge is 0.744 e. The maximum Gasteiger partial charge on any atom is 1.00 e. The Morgan fingerprint density at radius 2 is 1.40 bits per heavy atom. The van der Waals surface area contributed by atoms with Crippen LogP contribution < -0.4 is 105 Å². The van der Waals surface area contributed by atoms with Crippen molar-refractivity contribution >= 4 is 87.7 Å². The minimum absolute atomic E-state index is 0. The van der Waals surface area contributed by atoms with Crippen molar-refractivity contribution in [3.05, 3.63) is 100 Å². The summed E-state index contributed by atoms with van der Waals surface area (Å²) < 4.78 is 123. The first-order chi connectivity index (χ1) is 24.4. The number of fused-ring (bicyclic) bond motifs is 2. The molecule has 17 nitrogen and oxygen atoms in total. The molecule has 6 rings (SSSR count). The number of aryl methyl sites for hydroxylation is 1. The minimum atomic E-state index is -5.44. The van der Waals surface area contributed by atoms with E-state index in [1.807, 2.05) is 19.1 Å². The third kappa shape index (κ3) is 10.4. The molecule has 0 amide bonds. The van der Waals surface area contributed by atoms with E-state index >= 15 is 0 Å². The molecule has 0 saturated heterocycles. The van der Waals surface area contributed by atoms with Gasteiger partial charge in [-0.05, 0) is 60.0 Å². The Bertz CT molecular complexity index is 2740. The number of carbonyl (C=O) groups excluding carboxylic acids is 1. The SMILES string of the molecule is CCc1ccccc1Nc1nc(F)nc(Nc2ccc3c(c2)C=C(S(=O)(=O)[O-])C(=NNc2ccc4c(S(=O)(=O)[O-])cccc4c2S(=O)(=O)[O-])C3=O)n1.[Na+].[Na+].[Na+]. The van der Waals surface area contributed by atoms with Gasteiger partial charge in [0.25, 0.3) is 0 Å². The van der Waals surface area contributed by atoms with Gasteiger partial charge < -0.3 is 24.3 Å². The van der Waals surface area contributed by atoms with Gasteiger partial charge in [-0.15, -0.1) is 0 Å². The number of hydrazone groups is 1. The van der Waals surface area contributed by atoms with Crippen LogP contribution in [-0.2, 0) is 36.8 Å². The van der Waals surface area contributed by atoms with E-state index in [0.29, 0.717) is 12.1 Å². The first-order valence-electron chi connectivity index (χ1n) is 14.7. The van der Waals surface area contributed by atoms with Crippen LogP contribution in [-0.4, -0.2) is 65.4 Å². The van der Waals surface area contributed by atoms with Gasteiger partial charge in [0.15, 0.2) is 0 Å². The van der Waals surface area contributed by atoms with Crippen LogP contribution in [0, 0.1) is 6.08 Å². The van der Waals surface area contributed by atoms with Crippen molar-refractivity contribution in [3.8, 4) is 0 Å². The largest absolute Gasteiger partial charge is 1.00 e. The van der Waals surface area contributed by atoms with Crippen molar-refractivity contribution in [3.63, 3.8) is 0 Å². The Labute approximate surface area is 379 Å². The summed E-state index contributed by atoms with van der Waals surface area (Å²) in [5.74, 6) is -1.50. The van der Waals surface area contributed by atoms with Crippen molar-refractivity contribution < 1.29 is 137 Å². The molecule has 1 heterocycles. The topological polar surface area (TPSA) is 276 Å². The molecular weight excluding hydrogens is 815 g/mol. The van der Waals surface area contributed by atoms with Crippen molar-refractivity contribution in [2.24, 2.45) is 5.10 Å². The minimum Gasteiger partial charge on any atom is -0.744 e. The van der Waals surface area contributed by atoms with E-state index in [9.17, 15) is 48.1 Å². The number of hydrogen-bond acceptors (Lipinski definition) is 17. The number of benzene rings is 4. The average Bonchev–Trinajstić information content (AvgIpc) is 3.05. The summed E-state index contributed by atoms with van der Waals surface area (Å²) in [4.78, 5) is 21.9. The summed E-state index contributed by atoms with van der Waals surface area (Å²) in [7, 11) is -16.0. The molecule has 0 bridgehead atoms. The summed E-state index contributed by atoms with van der Waals surface area (Å²) in [5, 5.41) is 8.44. The van der Waals surface area contributed by atoms with E-state index < -0.39 is 79.1 Å². The molecule has 24 heteroatoms. The Kier molecular flexibility index (Phi) is 15.5. The van der Waals surface area contributed by atoms with Gasteiger partial charge in [0.1, 0.15) is 36.1 Å². The van der Waals surface area contributed by atoms with Gasteiger partial charge in [0, 0.05) is 27.7 Å². The zero-order valence-corrected chi connectivity index (χ0v) is 37.6.